The summed E-state index contributed by atoms with van der Waals surface area (Å²) in [4.78, 5) is 23.6. The maximum absolute atomic E-state index is 10.8. The van der Waals surface area contributed by atoms with Crippen molar-refractivity contribution in [2.24, 2.45) is 9.98 Å². The van der Waals surface area contributed by atoms with Gasteiger partial charge in [-0.2, -0.15) is 21.0 Å². The summed E-state index contributed by atoms with van der Waals surface area (Å²) in [6.07, 6.45) is 3.66. The molecule has 10 aromatic carbocycles. The van der Waals surface area contributed by atoms with Gasteiger partial charge in [0.2, 0.25) is 0 Å². The molecule has 2 aliphatic rings. The van der Waals surface area contributed by atoms with Gasteiger partial charge in [-0.1, -0.05) is 91.0 Å². The number of aromatic nitrogens is 2. The van der Waals surface area contributed by atoms with Gasteiger partial charge in [-0.15, -0.1) is 0 Å². The molecule has 0 saturated heterocycles. The second-order valence-electron chi connectivity index (χ2n) is 22.5. The van der Waals surface area contributed by atoms with Crippen LogP contribution in [-0.2, 0) is 0 Å². The van der Waals surface area contributed by atoms with Gasteiger partial charge in [0.15, 0.2) is 11.6 Å². The van der Waals surface area contributed by atoms with Crippen molar-refractivity contribution < 1.29 is 0 Å². The number of rotatable bonds is 12. The van der Waals surface area contributed by atoms with E-state index >= 15 is 0 Å². The number of allylic oxidation sites excluding steroid dienone is 2. The van der Waals surface area contributed by atoms with Crippen molar-refractivity contribution >= 4 is 101 Å². The van der Waals surface area contributed by atoms with Crippen LogP contribution in [0, 0.1) is 73.0 Å². The van der Waals surface area contributed by atoms with Crippen molar-refractivity contribution in [3.05, 3.63) is 286 Å². The second kappa shape index (κ2) is 22.9. The highest BCUT2D eigenvalue weighted by molar-refractivity contribution is 6.28. The molecule has 0 bridgehead atoms. The molecule has 14 rings (SSSR count). The first kappa shape index (κ1) is 55.2. The molecule has 0 amide bonds. The van der Waals surface area contributed by atoms with E-state index in [4.69, 9.17) is 20.0 Å². The van der Waals surface area contributed by atoms with Crippen LogP contribution in [0.1, 0.15) is 55.6 Å². The number of amidine groups is 2. The number of anilines is 8. The van der Waals surface area contributed by atoms with E-state index in [2.05, 4.69) is 157 Å². The molecule has 0 radical (unpaired) electrons. The van der Waals surface area contributed by atoms with E-state index in [0.29, 0.717) is 45.6 Å². The fourth-order valence-electron chi connectivity index (χ4n) is 12.4. The largest absolute Gasteiger partial charge is 0.339 e. The molecule has 0 fully saturated rings. The van der Waals surface area contributed by atoms with Crippen molar-refractivity contribution in [2.75, 3.05) is 20.4 Å². The average molecular weight is 1160 g/mol. The van der Waals surface area contributed by atoms with Gasteiger partial charge in [0.1, 0.15) is 23.8 Å². The van der Waals surface area contributed by atoms with Crippen molar-refractivity contribution in [3.8, 4) is 46.5 Å². The van der Waals surface area contributed by atoms with Crippen molar-refractivity contribution in [1.29, 1.82) is 21.0 Å². The summed E-state index contributed by atoms with van der Waals surface area (Å²) in [6, 6.07) is 81.9. The lowest BCUT2D eigenvalue weighted by Gasteiger charge is -2.27. The van der Waals surface area contributed by atoms with Gasteiger partial charge in [0, 0.05) is 102 Å². The highest BCUT2D eigenvalue weighted by atomic mass is 15.1. The Balaban J connectivity index is 0.713. The Morgan fingerprint density at radius 3 is 1.16 bits per heavy atom. The number of aryl methyl sites for hydroxylation is 4. The second-order valence-corrected chi connectivity index (χ2v) is 22.5. The van der Waals surface area contributed by atoms with Crippen LogP contribution < -0.4 is 20.4 Å². The average Bonchev–Trinajstić information content (AvgIpc) is 1.74. The minimum atomic E-state index is 0.270. The van der Waals surface area contributed by atoms with Gasteiger partial charge in [-0.3, -0.25) is 0 Å². The summed E-state index contributed by atoms with van der Waals surface area (Å²) in [5, 5.41) is 51.7. The van der Waals surface area contributed by atoms with Crippen LogP contribution >= 0.6 is 0 Å². The fourth-order valence-corrected chi connectivity index (χ4v) is 12.4. The molecule has 12 heteroatoms. The van der Waals surface area contributed by atoms with Gasteiger partial charge in [-0.05, 0) is 200 Å². The van der Waals surface area contributed by atoms with Crippen LogP contribution in [0.3, 0.4) is 0 Å². The Morgan fingerprint density at radius 2 is 0.756 bits per heavy atom. The number of pyridine rings is 2. The maximum Gasteiger partial charge on any atom is 0.154 e. The molecule has 90 heavy (non-hydrogen) atoms. The number of nitrogens with one attached hydrogen (secondary N) is 2. The summed E-state index contributed by atoms with van der Waals surface area (Å²) in [6.45, 7) is 8.36. The minimum absolute atomic E-state index is 0.270. The Hall–Kier alpha value is -12.7. The molecule has 0 aliphatic carbocycles. The minimum Gasteiger partial charge on any atom is -0.339 e. The van der Waals surface area contributed by atoms with Crippen LogP contribution in [0.25, 0.3) is 54.9 Å². The summed E-state index contributed by atoms with van der Waals surface area (Å²) < 4.78 is 0. The molecule has 12 nitrogen and oxygen atoms in total. The van der Waals surface area contributed by atoms with Crippen LogP contribution in [0.15, 0.2) is 241 Å². The molecular weight excluding hydrogens is 1100 g/mol. The predicted molar refractivity (Wildman–Crippen MR) is 363 cm³/mol. The van der Waals surface area contributed by atoms with Gasteiger partial charge in [0.25, 0.3) is 0 Å². The highest BCUT2D eigenvalue weighted by Crippen LogP contribution is 2.42. The molecule has 0 unspecified atom stereocenters. The Kier molecular flexibility index (Phi) is 14.0. The maximum atomic E-state index is 10.8. The molecule has 0 saturated carbocycles. The van der Waals surface area contributed by atoms with Crippen LogP contribution in [0.2, 0.25) is 0 Å². The molecular formula is C78H52N12. The monoisotopic (exact) mass is 1160 g/mol. The lowest BCUT2D eigenvalue weighted by molar-refractivity contribution is 1.25. The number of nitriles is 4. The molecule has 0 atom stereocenters. The smallest absolute Gasteiger partial charge is 0.154 e. The van der Waals surface area contributed by atoms with Gasteiger partial charge in [0.05, 0.1) is 34.4 Å². The van der Waals surface area contributed by atoms with E-state index in [9.17, 15) is 21.0 Å². The first-order chi connectivity index (χ1) is 44.0. The third kappa shape index (κ3) is 10.2. The SMILES string of the molecule is Cc1cc(C)cc(N(c2ccc(/C(C#N)=C(\C#N)c3ccc(N(c4ccc(-c5ccc(/N=C6\Nc7cccc8c(C#N)ccc6c78)nc5)cc4)c4cc(C)cc(C)c4)cc3)cc2)c2ccc(-c3ccc(/N=C4\Nc5ccc(C#N)c6cccc4c56)nc3)cc2)c1. The quantitative estimate of drug-likeness (QED) is 0.0884. The fraction of sp³-hybridized carbons (Fsp3) is 0.0513. The van der Waals surface area contributed by atoms with Gasteiger partial charge >= 0.3 is 0 Å². The van der Waals surface area contributed by atoms with Crippen molar-refractivity contribution in [1.82, 2.24) is 9.97 Å². The third-order valence-electron chi connectivity index (χ3n) is 16.4. The van der Waals surface area contributed by atoms with Gasteiger partial charge in [-0.25, -0.2) is 20.0 Å². The van der Waals surface area contributed by atoms with E-state index in [1.807, 2.05) is 146 Å². The van der Waals surface area contributed by atoms with E-state index < -0.39 is 0 Å². The molecule has 4 heterocycles. The number of aliphatic imine (C=N–C) groups is 2. The van der Waals surface area contributed by atoms with E-state index in [1.54, 1.807) is 0 Å². The number of hydrogen-bond donors (Lipinski definition) is 2. The molecule has 424 valence electrons. The summed E-state index contributed by atoms with van der Waals surface area (Å²) in [7, 11) is 0. The van der Waals surface area contributed by atoms with Crippen LogP contribution in [0.4, 0.5) is 57.1 Å². The zero-order chi connectivity index (χ0) is 61.6. The van der Waals surface area contributed by atoms with Gasteiger partial charge < -0.3 is 20.4 Å². The van der Waals surface area contributed by atoms with E-state index in [0.717, 1.165) is 123 Å². The lowest BCUT2D eigenvalue weighted by atomic mass is 9.95. The number of nitrogens with zero attached hydrogens (tertiary/aromatic N) is 10. The summed E-state index contributed by atoms with van der Waals surface area (Å²) in [5.41, 5.74) is 20.7. The topological polar surface area (TPSA) is 176 Å². The number of benzene rings is 10. The normalized spacial score (nSPS) is 13.0. The number of hydrogen-bond acceptors (Lipinski definition) is 10. The van der Waals surface area contributed by atoms with Crippen molar-refractivity contribution in [3.63, 3.8) is 0 Å². The van der Waals surface area contributed by atoms with Crippen LogP contribution in [-0.4, -0.2) is 21.6 Å². The Morgan fingerprint density at radius 1 is 0.378 bits per heavy atom. The standard InChI is InChI=1S/C78H52N12/c1-47-35-48(2)38-63(37-47)89(59-23-11-51(12-24-59)57-21-33-73(83-45-57)87-77-67-9-5-7-65-56(42-80)20-32-72(86-77)75(65)67)61-27-15-53(16-28-61)69(43-81)70(44-82)54-17-29-62(30-18-54)90(64-39-49(3)36-50(4)40-64)60-25-13-52(14-26-60)58-22-34-74(84-46-58)88-78-68-31-19-55(41-79)66-8-6-10-71(85-78)76(66)68/h5-40,45-46H,1-4H3,(H,83,86,87)(H,84,85,88)/b70-69+. The molecule has 2 N–H and O–H groups in total. The zero-order valence-electron chi connectivity index (χ0n) is 49.4. The van der Waals surface area contributed by atoms with Crippen LogP contribution in [0.5, 0.6) is 0 Å². The molecule has 2 aliphatic heterocycles. The zero-order valence-corrected chi connectivity index (χ0v) is 49.4. The lowest BCUT2D eigenvalue weighted by Crippen LogP contribution is -2.10. The van der Waals surface area contributed by atoms with E-state index in [-0.39, 0.29) is 11.1 Å². The van der Waals surface area contributed by atoms with E-state index in [1.165, 1.54) is 0 Å². The molecule has 2 aromatic heterocycles. The molecule has 12 aromatic rings. The Labute approximate surface area is 520 Å². The van der Waals surface area contributed by atoms with Crippen molar-refractivity contribution in [2.45, 2.75) is 27.7 Å². The third-order valence-corrected chi connectivity index (χ3v) is 16.4. The Bertz CT molecular complexity index is 4850. The summed E-state index contributed by atoms with van der Waals surface area (Å²) >= 11 is 0. The molecule has 0 spiro atoms. The first-order valence-electron chi connectivity index (χ1n) is 29.3. The highest BCUT2D eigenvalue weighted by Gasteiger charge is 2.24. The predicted octanol–water partition coefficient (Wildman–Crippen LogP) is 19.0. The summed E-state index contributed by atoms with van der Waals surface area (Å²) in [5.74, 6) is 2.50. The first-order valence-corrected chi connectivity index (χ1v) is 29.3.